The van der Waals surface area contributed by atoms with Crippen molar-refractivity contribution in [3.8, 4) is 11.5 Å². The zero-order valence-corrected chi connectivity index (χ0v) is 16.6. The van der Waals surface area contributed by atoms with Gasteiger partial charge in [0.1, 0.15) is 17.5 Å². The quantitative estimate of drug-likeness (QED) is 0.406. The third-order valence-electron chi connectivity index (χ3n) is 3.63. The molecule has 3 N–H and O–H groups in total. The highest BCUT2D eigenvalue weighted by Gasteiger charge is 2.32. The van der Waals surface area contributed by atoms with Gasteiger partial charge in [0.2, 0.25) is 0 Å². The third-order valence-corrected chi connectivity index (χ3v) is 5.50. The molecule has 0 bridgehead atoms. The monoisotopic (exact) mass is 428 g/mol. The number of benzene rings is 1. The van der Waals surface area contributed by atoms with Crippen molar-refractivity contribution in [3.05, 3.63) is 52.3 Å². The van der Waals surface area contributed by atoms with E-state index in [-0.39, 0.29) is 28.3 Å². The number of pyridine rings is 1. The van der Waals surface area contributed by atoms with Crippen LogP contribution in [0.5, 0.6) is 11.5 Å². The number of carbonyl (C=O) groups is 2. The van der Waals surface area contributed by atoms with Gasteiger partial charge < -0.3 is 14.7 Å². The molecule has 0 saturated heterocycles. The van der Waals surface area contributed by atoms with E-state index in [1.165, 1.54) is 44.3 Å². The van der Waals surface area contributed by atoms with E-state index in [0.29, 0.717) is 11.3 Å². The van der Waals surface area contributed by atoms with Crippen LogP contribution in [0, 0.1) is 6.92 Å². The van der Waals surface area contributed by atoms with Gasteiger partial charge in [-0.2, -0.15) is 5.09 Å². The summed E-state index contributed by atoms with van der Waals surface area (Å²) in [6.45, 7) is 2.34. The van der Waals surface area contributed by atoms with Crippen molar-refractivity contribution in [1.29, 1.82) is 0 Å². The fraction of sp³-hybridized carbons (Fsp3) is 0.235. The summed E-state index contributed by atoms with van der Waals surface area (Å²) in [7, 11) is -4.19. The maximum Gasteiger partial charge on any atom is 0.459 e. The minimum absolute atomic E-state index is 0.0724. The smallest absolute Gasteiger partial charge is 0.459 e. The molecule has 2 atom stereocenters. The summed E-state index contributed by atoms with van der Waals surface area (Å²) in [5.41, 5.74) is 0.323. The van der Waals surface area contributed by atoms with Crippen LogP contribution in [0.25, 0.3) is 0 Å². The van der Waals surface area contributed by atoms with Crippen LogP contribution < -0.4 is 9.61 Å². The Labute approximate surface area is 165 Å². The molecule has 2 aromatic rings. The number of carbonyl (C=O) groups excluding carboxylic acids is 1. The van der Waals surface area contributed by atoms with E-state index in [1.54, 1.807) is 0 Å². The molecule has 0 radical (unpaired) electrons. The first-order chi connectivity index (χ1) is 13.1. The molecule has 0 aliphatic rings. The van der Waals surface area contributed by atoms with E-state index in [2.05, 4.69) is 10.1 Å². The Kier molecular flexibility index (Phi) is 7.15. The fourth-order valence-corrected chi connectivity index (χ4v) is 3.67. The summed E-state index contributed by atoms with van der Waals surface area (Å²) in [6, 6.07) is 4.60. The second kappa shape index (κ2) is 9.16. The maximum atomic E-state index is 13.1. The lowest BCUT2D eigenvalue weighted by atomic mass is 10.1. The van der Waals surface area contributed by atoms with Crippen LogP contribution in [-0.4, -0.2) is 33.5 Å². The maximum absolute atomic E-state index is 13.1. The molecule has 0 saturated carbocycles. The Bertz CT molecular complexity index is 920. The number of aromatic hydroxyl groups is 1. The van der Waals surface area contributed by atoms with Gasteiger partial charge in [0.05, 0.1) is 17.9 Å². The molecule has 1 heterocycles. The molecule has 150 valence electrons. The molecule has 0 fully saturated rings. The molecule has 9 nitrogen and oxygen atoms in total. The number of aromatic nitrogens is 1. The van der Waals surface area contributed by atoms with Gasteiger partial charge in [-0.1, -0.05) is 11.6 Å². The topological polar surface area (TPSA) is 135 Å². The molecule has 0 aliphatic heterocycles. The lowest BCUT2D eigenvalue weighted by Gasteiger charge is -2.22. The first-order valence-corrected chi connectivity index (χ1v) is 9.90. The van der Waals surface area contributed by atoms with Gasteiger partial charge in [-0.05, 0) is 38.1 Å². The van der Waals surface area contributed by atoms with Crippen LogP contribution in [-0.2, 0) is 20.5 Å². The van der Waals surface area contributed by atoms with Gasteiger partial charge in [0.25, 0.3) is 0 Å². The number of nitrogens with zero attached hydrogens (tertiary/aromatic N) is 1. The predicted octanol–water partition coefficient (Wildman–Crippen LogP) is 3.33. The number of halogens is 1. The van der Waals surface area contributed by atoms with Crippen LogP contribution in [0.3, 0.4) is 0 Å². The molecule has 2 rings (SSSR count). The lowest BCUT2D eigenvalue weighted by molar-refractivity contribution is -0.138. The summed E-state index contributed by atoms with van der Waals surface area (Å²) >= 11 is 5.80. The number of hydrogen-bond donors (Lipinski definition) is 3. The van der Waals surface area contributed by atoms with Crippen LogP contribution >= 0.6 is 19.3 Å². The highest BCUT2D eigenvalue weighted by atomic mass is 35.5. The van der Waals surface area contributed by atoms with Gasteiger partial charge in [0.15, 0.2) is 6.29 Å². The van der Waals surface area contributed by atoms with Crippen molar-refractivity contribution in [2.45, 2.75) is 26.5 Å². The van der Waals surface area contributed by atoms with Crippen molar-refractivity contribution < 1.29 is 33.4 Å². The summed E-state index contributed by atoms with van der Waals surface area (Å²) in [5.74, 6) is -1.47. The number of hydrogen-bond acceptors (Lipinski definition) is 7. The number of aliphatic carboxylic acids is 1. The second-order valence-electron chi connectivity index (χ2n) is 5.75. The molecule has 1 aromatic heterocycles. The number of rotatable bonds is 9. The van der Waals surface area contributed by atoms with E-state index < -0.39 is 26.4 Å². The van der Waals surface area contributed by atoms with Crippen LogP contribution in [0.1, 0.15) is 28.5 Å². The minimum Gasteiger partial charge on any atom is -0.505 e. The van der Waals surface area contributed by atoms with Crippen molar-refractivity contribution in [2.75, 3.05) is 0 Å². The molecule has 11 heteroatoms. The number of aryl methyl sites for hydroxylation is 1. The van der Waals surface area contributed by atoms with Crippen molar-refractivity contribution in [1.82, 2.24) is 10.1 Å². The van der Waals surface area contributed by atoms with E-state index >= 15 is 0 Å². The van der Waals surface area contributed by atoms with Gasteiger partial charge in [-0.15, -0.1) is 0 Å². The summed E-state index contributed by atoms with van der Waals surface area (Å²) in [5, 5.41) is 21.7. The van der Waals surface area contributed by atoms with Gasteiger partial charge in [0, 0.05) is 16.8 Å². The highest BCUT2D eigenvalue weighted by Crippen LogP contribution is 2.46. The third kappa shape index (κ3) is 5.53. The Balaban J connectivity index is 2.28. The van der Waals surface area contributed by atoms with E-state index in [9.17, 15) is 19.3 Å². The summed E-state index contributed by atoms with van der Waals surface area (Å²) in [4.78, 5) is 26.3. The highest BCUT2D eigenvalue weighted by molar-refractivity contribution is 7.52. The van der Waals surface area contributed by atoms with Crippen LogP contribution in [0.4, 0.5) is 0 Å². The minimum atomic E-state index is -4.19. The standard InChI is InChI=1S/C17H18ClN2O7P/c1-10-16(22)15(8-21)12(7-19-10)9-26-28(25,20-11(2)17(23)24)27-14-5-3-13(18)4-6-14/h3-8,11,22H,9H2,1-2H3,(H,20,25)(H,23,24). The average molecular weight is 429 g/mol. The Morgan fingerprint density at radius 1 is 1.39 bits per heavy atom. The van der Waals surface area contributed by atoms with Crippen molar-refractivity contribution in [3.63, 3.8) is 0 Å². The molecule has 28 heavy (non-hydrogen) atoms. The first-order valence-electron chi connectivity index (χ1n) is 7.98. The summed E-state index contributed by atoms with van der Waals surface area (Å²) < 4.78 is 23.8. The molecule has 0 aliphatic carbocycles. The predicted molar refractivity (Wildman–Crippen MR) is 101 cm³/mol. The molecule has 1 aromatic carbocycles. The largest absolute Gasteiger partial charge is 0.505 e. The van der Waals surface area contributed by atoms with Crippen LogP contribution in [0.15, 0.2) is 30.5 Å². The summed E-state index contributed by atoms with van der Waals surface area (Å²) in [6.07, 6.45) is 1.70. The van der Waals surface area contributed by atoms with Crippen molar-refractivity contribution in [2.24, 2.45) is 0 Å². The van der Waals surface area contributed by atoms with Gasteiger partial charge in [-0.25, -0.2) is 4.57 Å². The van der Waals surface area contributed by atoms with Crippen molar-refractivity contribution >= 4 is 31.6 Å². The molecule has 0 amide bonds. The Morgan fingerprint density at radius 2 is 2.04 bits per heavy atom. The molecule has 2 unspecified atom stereocenters. The van der Waals surface area contributed by atoms with Crippen LogP contribution in [0.2, 0.25) is 5.02 Å². The van der Waals surface area contributed by atoms with E-state index in [1.807, 2.05) is 0 Å². The van der Waals surface area contributed by atoms with E-state index in [0.717, 1.165) is 0 Å². The number of aldehydes is 1. The number of nitrogens with one attached hydrogen (secondary N) is 1. The molecular formula is C17H18ClN2O7P. The average Bonchev–Trinajstić information content (AvgIpc) is 2.64. The number of carboxylic acids is 1. The number of carboxylic acid groups (broad SMARTS) is 1. The fourth-order valence-electron chi connectivity index (χ4n) is 2.07. The van der Waals surface area contributed by atoms with Gasteiger partial charge >= 0.3 is 13.7 Å². The zero-order chi connectivity index (χ0) is 20.9. The Morgan fingerprint density at radius 3 is 2.61 bits per heavy atom. The van der Waals surface area contributed by atoms with Gasteiger partial charge in [-0.3, -0.25) is 19.1 Å². The lowest BCUT2D eigenvalue weighted by Crippen LogP contribution is -2.33. The Hall–Kier alpha value is -2.45. The second-order valence-corrected chi connectivity index (χ2v) is 7.88. The van der Waals surface area contributed by atoms with E-state index in [4.69, 9.17) is 25.8 Å². The SMILES string of the molecule is Cc1ncc(COP(=O)(NC(C)C(=O)O)Oc2ccc(Cl)cc2)c(C=O)c1O. The normalized spacial score (nSPS) is 14.1. The zero-order valence-electron chi connectivity index (χ0n) is 15.0. The molecule has 0 spiro atoms. The first kappa shape index (κ1) is 21.8. The molecular weight excluding hydrogens is 411 g/mol.